The van der Waals surface area contributed by atoms with Crippen LogP contribution in [0, 0.1) is 0 Å². The normalized spacial score (nSPS) is 10.2. The van der Waals surface area contributed by atoms with Crippen molar-refractivity contribution in [1.82, 2.24) is 5.32 Å². The van der Waals surface area contributed by atoms with Crippen LogP contribution in [0.25, 0.3) is 0 Å². The molecule has 5 heteroatoms. The van der Waals surface area contributed by atoms with E-state index in [4.69, 9.17) is 9.47 Å². The molecule has 0 saturated heterocycles. The Morgan fingerprint density at radius 1 is 1.10 bits per heavy atom. The van der Waals surface area contributed by atoms with Crippen LogP contribution in [-0.4, -0.2) is 31.0 Å². The van der Waals surface area contributed by atoms with Crippen LogP contribution in [0.15, 0.2) is 18.2 Å². The van der Waals surface area contributed by atoms with Crippen molar-refractivity contribution in [3.8, 4) is 11.5 Å². The summed E-state index contributed by atoms with van der Waals surface area (Å²) in [6, 6.07) is 5.29. The van der Waals surface area contributed by atoms with Crippen LogP contribution in [0.1, 0.15) is 43.5 Å². The van der Waals surface area contributed by atoms with E-state index in [1.807, 2.05) is 13.8 Å². The van der Waals surface area contributed by atoms with Crippen LogP contribution < -0.4 is 14.8 Å². The Kier molecular flexibility index (Phi) is 8.90. The number of hydrogen-bond acceptors (Lipinski definition) is 3. The van der Waals surface area contributed by atoms with Crippen molar-refractivity contribution in [2.24, 2.45) is 0 Å². The van der Waals surface area contributed by atoms with Gasteiger partial charge < -0.3 is 14.8 Å². The van der Waals surface area contributed by atoms with Gasteiger partial charge in [0.2, 0.25) is 0 Å². The Labute approximate surface area is 135 Å². The molecule has 1 aromatic rings. The highest BCUT2D eigenvalue weighted by molar-refractivity contribution is 9.09. The molecule has 1 N–H and O–H groups in total. The third kappa shape index (κ3) is 6.38. The molecule has 0 aliphatic carbocycles. The fourth-order valence-electron chi connectivity index (χ4n) is 1.89. The maximum absolute atomic E-state index is 12.1. The molecule has 0 unspecified atom stereocenters. The molecule has 0 aromatic heterocycles. The molecule has 118 valence electrons. The summed E-state index contributed by atoms with van der Waals surface area (Å²) >= 11 is 3.40. The van der Waals surface area contributed by atoms with Crippen molar-refractivity contribution >= 4 is 21.8 Å². The zero-order valence-corrected chi connectivity index (χ0v) is 14.4. The Hall–Kier alpha value is -1.23. The zero-order valence-electron chi connectivity index (χ0n) is 12.8. The van der Waals surface area contributed by atoms with Gasteiger partial charge in [-0.05, 0) is 44.9 Å². The number of carbonyl (C=O) groups is 1. The maximum Gasteiger partial charge on any atom is 0.251 e. The first-order valence-corrected chi connectivity index (χ1v) is 8.58. The highest BCUT2D eigenvalue weighted by Crippen LogP contribution is 2.28. The third-order valence-corrected chi connectivity index (χ3v) is 3.46. The lowest BCUT2D eigenvalue weighted by Crippen LogP contribution is -2.24. The average molecular weight is 358 g/mol. The monoisotopic (exact) mass is 357 g/mol. The summed E-state index contributed by atoms with van der Waals surface area (Å²) in [7, 11) is 0. The molecule has 1 aromatic carbocycles. The van der Waals surface area contributed by atoms with Gasteiger partial charge in [0.1, 0.15) is 0 Å². The first kappa shape index (κ1) is 17.8. The van der Waals surface area contributed by atoms with Crippen LogP contribution >= 0.6 is 15.9 Å². The van der Waals surface area contributed by atoms with Gasteiger partial charge in [0.25, 0.3) is 5.91 Å². The van der Waals surface area contributed by atoms with Gasteiger partial charge in [0, 0.05) is 17.4 Å². The van der Waals surface area contributed by atoms with Crippen molar-refractivity contribution in [3.05, 3.63) is 23.8 Å². The second-order valence-corrected chi connectivity index (χ2v) is 5.33. The fraction of sp³-hybridized carbons (Fsp3) is 0.562. The maximum atomic E-state index is 12.1. The standard InChI is InChI=1S/C16H24BrNO3/c1-3-20-14-9-8-13(12-15(14)21-4-2)16(19)18-11-7-5-6-10-17/h8-9,12H,3-7,10-11H2,1-2H3,(H,18,19). The van der Waals surface area contributed by atoms with Gasteiger partial charge >= 0.3 is 0 Å². The molecule has 4 nitrogen and oxygen atoms in total. The van der Waals surface area contributed by atoms with Crippen molar-refractivity contribution in [2.45, 2.75) is 33.1 Å². The van der Waals surface area contributed by atoms with E-state index in [-0.39, 0.29) is 5.91 Å². The van der Waals surface area contributed by atoms with Crippen LogP contribution in [0.2, 0.25) is 0 Å². The minimum Gasteiger partial charge on any atom is -0.490 e. The Bertz CT molecular complexity index is 438. The molecule has 0 aliphatic heterocycles. The molecular formula is C16H24BrNO3. The van der Waals surface area contributed by atoms with E-state index in [0.717, 1.165) is 24.6 Å². The van der Waals surface area contributed by atoms with Crippen molar-refractivity contribution in [3.63, 3.8) is 0 Å². The summed E-state index contributed by atoms with van der Waals surface area (Å²) in [4.78, 5) is 12.1. The molecule has 0 saturated carbocycles. The third-order valence-electron chi connectivity index (χ3n) is 2.90. The molecule has 0 bridgehead atoms. The Balaban J connectivity index is 2.60. The first-order chi connectivity index (χ1) is 10.2. The predicted molar refractivity (Wildman–Crippen MR) is 88.8 cm³/mol. The molecule has 0 heterocycles. The molecule has 1 rings (SSSR count). The number of hydrogen-bond donors (Lipinski definition) is 1. The zero-order chi connectivity index (χ0) is 15.5. The van der Waals surface area contributed by atoms with Gasteiger partial charge in [-0.15, -0.1) is 0 Å². The van der Waals surface area contributed by atoms with Gasteiger partial charge in [-0.3, -0.25) is 4.79 Å². The molecule has 0 aliphatic rings. The minimum absolute atomic E-state index is 0.0714. The van der Waals surface area contributed by atoms with E-state index >= 15 is 0 Å². The quantitative estimate of drug-likeness (QED) is 0.512. The van der Waals surface area contributed by atoms with Crippen molar-refractivity contribution < 1.29 is 14.3 Å². The van der Waals surface area contributed by atoms with E-state index in [2.05, 4.69) is 21.2 Å². The molecule has 0 fully saturated rings. The number of amides is 1. The van der Waals surface area contributed by atoms with Gasteiger partial charge in [0.15, 0.2) is 11.5 Å². The number of alkyl halides is 1. The van der Waals surface area contributed by atoms with E-state index in [1.54, 1.807) is 18.2 Å². The lowest BCUT2D eigenvalue weighted by Gasteiger charge is -2.12. The highest BCUT2D eigenvalue weighted by atomic mass is 79.9. The molecular weight excluding hydrogens is 334 g/mol. The molecule has 21 heavy (non-hydrogen) atoms. The Morgan fingerprint density at radius 2 is 1.81 bits per heavy atom. The SMILES string of the molecule is CCOc1ccc(C(=O)NCCCCCBr)cc1OCC. The molecule has 0 radical (unpaired) electrons. The second-order valence-electron chi connectivity index (χ2n) is 4.53. The lowest BCUT2D eigenvalue weighted by atomic mass is 10.2. The smallest absolute Gasteiger partial charge is 0.251 e. The van der Waals surface area contributed by atoms with Gasteiger partial charge in [-0.25, -0.2) is 0 Å². The summed E-state index contributed by atoms with van der Waals surface area (Å²) in [5.74, 6) is 1.22. The van der Waals surface area contributed by atoms with Gasteiger partial charge in [-0.2, -0.15) is 0 Å². The van der Waals surface area contributed by atoms with Crippen LogP contribution in [0.4, 0.5) is 0 Å². The molecule has 1 amide bonds. The number of rotatable bonds is 10. The number of unbranched alkanes of at least 4 members (excludes halogenated alkanes) is 2. The second kappa shape index (κ2) is 10.5. The highest BCUT2D eigenvalue weighted by Gasteiger charge is 2.11. The lowest BCUT2D eigenvalue weighted by molar-refractivity contribution is 0.0952. The number of halogens is 1. The number of nitrogens with one attached hydrogen (secondary N) is 1. The van der Waals surface area contributed by atoms with Gasteiger partial charge in [-0.1, -0.05) is 22.4 Å². The molecule has 0 atom stereocenters. The fourth-order valence-corrected chi connectivity index (χ4v) is 2.29. The predicted octanol–water partition coefficient (Wildman–Crippen LogP) is 3.78. The Morgan fingerprint density at radius 3 is 2.48 bits per heavy atom. The number of benzene rings is 1. The summed E-state index contributed by atoms with van der Waals surface area (Å²) in [5.41, 5.74) is 0.599. The van der Waals surface area contributed by atoms with Crippen molar-refractivity contribution in [1.29, 1.82) is 0 Å². The summed E-state index contributed by atoms with van der Waals surface area (Å²) in [5, 5.41) is 3.94. The average Bonchev–Trinajstić information content (AvgIpc) is 2.49. The van der Waals surface area contributed by atoms with Crippen LogP contribution in [0.5, 0.6) is 11.5 Å². The largest absolute Gasteiger partial charge is 0.490 e. The number of ether oxygens (including phenoxy) is 2. The van der Waals surface area contributed by atoms with E-state index in [0.29, 0.717) is 36.8 Å². The van der Waals surface area contributed by atoms with E-state index in [1.165, 1.54) is 0 Å². The van der Waals surface area contributed by atoms with Crippen molar-refractivity contribution in [2.75, 3.05) is 25.1 Å². The first-order valence-electron chi connectivity index (χ1n) is 7.46. The van der Waals surface area contributed by atoms with Gasteiger partial charge in [0.05, 0.1) is 13.2 Å². The minimum atomic E-state index is -0.0714. The topological polar surface area (TPSA) is 47.6 Å². The van der Waals surface area contributed by atoms with E-state index < -0.39 is 0 Å². The molecule has 0 spiro atoms. The number of carbonyl (C=O) groups excluding carboxylic acids is 1. The summed E-state index contributed by atoms with van der Waals surface area (Å²) < 4.78 is 11.0. The van der Waals surface area contributed by atoms with Crippen LogP contribution in [-0.2, 0) is 0 Å². The summed E-state index contributed by atoms with van der Waals surface area (Å²) in [6.07, 6.45) is 3.24. The summed E-state index contributed by atoms with van der Waals surface area (Å²) in [6.45, 7) is 5.63. The van der Waals surface area contributed by atoms with Crippen LogP contribution in [0.3, 0.4) is 0 Å². The van der Waals surface area contributed by atoms with E-state index in [9.17, 15) is 4.79 Å².